The van der Waals surface area contributed by atoms with Gasteiger partial charge >= 0.3 is 5.97 Å². The number of nitrogens with one attached hydrogen (secondary N) is 1. The molecule has 1 aliphatic rings. The zero-order valence-electron chi connectivity index (χ0n) is 13.4. The molecule has 1 aliphatic carbocycles. The minimum Gasteiger partial charge on any atom is -0.462 e. The highest BCUT2D eigenvalue weighted by molar-refractivity contribution is 5.89. The molecule has 1 N–H and O–H groups in total. The summed E-state index contributed by atoms with van der Waals surface area (Å²) in [6.45, 7) is 7.14. The van der Waals surface area contributed by atoms with E-state index < -0.39 is 0 Å². The summed E-state index contributed by atoms with van der Waals surface area (Å²) < 4.78 is 5.14. The second kappa shape index (κ2) is 7.48. The Balaban J connectivity index is 1.91. The highest BCUT2D eigenvalue weighted by atomic mass is 16.5. The standard InChI is InChI=1S/C18H27NO2/c1-4-11-21-18(20)15-6-8-16(9-7-15)19-17-10-5-13(2)12-14(17)3/h6-9,13-14,17,19H,4-5,10-12H2,1-3H3. The molecule has 0 amide bonds. The highest BCUT2D eigenvalue weighted by Crippen LogP contribution is 2.30. The van der Waals surface area contributed by atoms with Gasteiger partial charge < -0.3 is 10.1 Å². The maximum absolute atomic E-state index is 11.8. The average Bonchev–Trinajstić information content (AvgIpc) is 2.48. The summed E-state index contributed by atoms with van der Waals surface area (Å²) in [5.74, 6) is 1.31. The third-order valence-corrected chi connectivity index (χ3v) is 4.34. The zero-order chi connectivity index (χ0) is 15.2. The summed E-state index contributed by atoms with van der Waals surface area (Å²) in [7, 11) is 0. The Morgan fingerprint density at radius 2 is 1.95 bits per heavy atom. The zero-order valence-corrected chi connectivity index (χ0v) is 13.4. The van der Waals surface area contributed by atoms with Gasteiger partial charge in [0.15, 0.2) is 0 Å². The molecule has 0 aliphatic heterocycles. The van der Waals surface area contributed by atoms with Crippen molar-refractivity contribution in [3.05, 3.63) is 29.8 Å². The Morgan fingerprint density at radius 1 is 1.24 bits per heavy atom. The van der Waals surface area contributed by atoms with E-state index in [-0.39, 0.29) is 5.97 Å². The first-order valence-electron chi connectivity index (χ1n) is 8.14. The number of ether oxygens (including phenoxy) is 1. The van der Waals surface area contributed by atoms with Gasteiger partial charge in [0.1, 0.15) is 0 Å². The predicted molar refractivity (Wildman–Crippen MR) is 86.6 cm³/mol. The van der Waals surface area contributed by atoms with E-state index >= 15 is 0 Å². The first kappa shape index (κ1) is 15.9. The lowest BCUT2D eigenvalue weighted by Crippen LogP contribution is -2.32. The molecule has 1 saturated carbocycles. The van der Waals surface area contributed by atoms with Gasteiger partial charge in [-0.05, 0) is 61.8 Å². The molecule has 0 radical (unpaired) electrons. The first-order valence-corrected chi connectivity index (χ1v) is 8.14. The molecule has 3 nitrogen and oxygen atoms in total. The Bertz CT molecular complexity index is 455. The normalized spacial score (nSPS) is 25.4. The molecule has 0 saturated heterocycles. The van der Waals surface area contributed by atoms with Crippen LogP contribution in [0.15, 0.2) is 24.3 Å². The van der Waals surface area contributed by atoms with Gasteiger partial charge in [0.05, 0.1) is 12.2 Å². The fourth-order valence-corrected chi connectivity index (χ4v) is 3.07. The van der Waals surface area contributed by atoms with Crippen LogP contribution in [0, 0.1) is 11.8 Å². The molecule has 1 aromatic carbocycles. The smallest absolute Gasteiger partial charge is 0.338 e. The van der Waals surface area contributed by atoms with E-state index in [0.717, 1.165) is 18.0 Å². The van der Waals surface area contributed by atoms with Crippen LogP contribution >= 0.6 is 0 Å². The van der Waals surface area contributed by atoms with Gasteiger partial charge in [0.2, 0.25) is 0 Å². The lowest BCUT2D eigenvalue weighted by molar-refractivity contribution is 0.0505. The number of rotatable bonds is 5. The molecule has 0 bridgehead atoms. The molecule has 116 valence electrons. The number of hydrogen-bond donors (Lipinski definition) is 1. The van der Waals surface area contributed by atoms with Crippen molar-refractivity contribution in [2.75, 3.05) is 11.9 Å². The van der Waals surface area contributed by atoms with Gasteiger partial charge in [-0.15, -0.1) is 0 Å². The first-order chi connectivity index (χ1) is 10.1. The van der Waals surface area contributed by atoms with Crippen molar-refractivity contribution >= 4 is 11.7 Å². The SMILES string of the molecule is CCCOC(=O)c1ccc(NC2CCC(C)CC2C)cc1. The fourth-order valence-electron chi connectivity index (χ4n) is 3.07. The lowest BCUT2D eigenvalue weighted by Gasteiger charge is -2.33. The van der Waals surface area contributed by atoms with Crippen LogP contribution in [0.25, 0.3) is 0 Å². The Kier molecular flexibility index (Phi) is 5.66. The average molecular weight is 289 g/mol. The van der Waals surface area contributed by atoms with E-state index in [1.54, 1.807) is 0 Å². The molecule has 1 aromatic rings. The predicted octanol–water partition coefficient (Wildman–Crippen LogP) is 4.49. The van der Waals surface area contributed by atoms with Crippen molar-refractivity contribution in [1.82, 2.24) is 0 Å². The van der Waals surface area contributed by atoms with Crippen LogP contribution in [0.5, 0.6) is 0 Å². The van der Waals surface area contributed by atoms with E-state index in [1.165, 1.54) is 19.3 Å². The van der Waals surface area contributed by atoms with E-state index in [4.69, 9.17) is 4.74 Å². The van der Waals surface area contributed by atoms with Gasteiger partial charge in [-0.3, -0.25) is 0 Å². The van der Waals surface area contributed by atoms with Gasteiger partial charge in [0, 0.05) is 11.7 Å². The molecule has 3 unspecified atom stereocenters. The number of benzene rings is 1. The number of anilines is 1. The number of carbonyl (C=O) groups excluding carboxylic acids is 1. The Labute approximate surface area is 128 Å². The van der Waals surface area contributed by atoms with E-state index in [9.17, 15) is 4.79 Å². The van der Waals surface area contributed by atoms with Crippen LogP contribution in [0.4, 0.5) is 5.69 Å². The van der Waals surface area contributed by atoms with Crippen molar-refractivity contribution < 1.29 is 9.53 Å². The molecule has 2 rings (SSSR count). The van der Waals surface area contributed by atoms with Gasteiger partial charge in [0.25, 0.3) is 0 Å². The summed E-state index contributed by atoms with van der Waals surface area (Å²) >= 11 is 0. The molecule has 0 spiro atoms. The molecule has 1 fully saturated rings. The van der Waals surface area contributed by atoms with Gasteiger partial charge in [-0.2, -0.15) is 0 Å². The maximum atomic E-state index is 11.8. The number of hydrogen-bond acceptors (Lipinski definition) is 3. The molecular formula is C18H27NO2. The molecule has 21 heavy (non-hydrogen) atoms. The number of esters is 1. The molecule has 3 heteroatoms. The van der Waals surface area contributed by atoms with Crippen LogP contribution in [-0.2, 0) is 4.74 Å². The van der Waals surface area contributed by atoms with Crippen LogP contribution in [-0.4, -0.2) is 18.6 Å². The van der Waals surface area contributed by atoms with Gasteiger partial charge in [-0.1, -0.05) is 20.8 Å². The van der Waals surface area contributed by atoms with Crippen LogP contribution in [0.2, 0.25) is 0 Å². The summed E-state index contributed by atoms with van der Waals surface area (Å²) in [5, 5.41) is 3.61. The molecule has 3 atom stereocenters. The third-order valence-electron chi connectivity index (χ3n) is 4.34. The fraction of sp³-hybridized carbons (Fsp3) is 0.611. The van der Waals surface area contributed by atoms with E-state index in [2.05, 4.69) is 19.2 Å². The monoisotopic (exact) mass is 289 g/mol. The quantitative estimate of drug-likeness (QED) is 0.812. The topological polar surface area (TPSA) is 38.3 Å². The maximum Gasteiger partial charge on any atom is 0.338 e. The van der Waals surface area contributed by atoms with Crippen molar-refractivity contribution in [2.45, 2.75) is 52.5 Å². The molecule has 0 aromatic heterocycles. The summed E-state index contributed by atoms with van der Waals surface area (Å²) in [5.41, 5.74) is 1.72. The minimum absolute atomic E-state index is 0.233. The van der Waals surface area contributed by atoms with Crippen LogP contribution < -0.4 is 5.32 Å². The minimum atomic E-state index is -0.233. The van der Waals surface area contributed by atoms with Crippen molar-refractivity contribution in [1.29, 1.82) is 0 Å². The lowest BCUT2D eigenvalue weighted by atomic mass is 9.80. The Hall–Kier alpha value is -1.51. The van der Waals surface area contributed by atoms with E-state index in [1.807, 2.05) is 31.2 Å². The second-order valence-electron chi connectivity index (χ2n) is 6.36. The van der Waals surface area contributed by atoms with E-state index in [0.29, 0.717) is 24.1 Å². The highest BCUT2D eigenvalue weighted by Gasteiger charge is 2.25. The third kappa shape index (κ3) is 4.48. The second-order valence-corrected chi connectivity index (χ2v) is 6.36. The van der Waals surface area contributed by atoms with Crippen molar-refractivity contribution in [3.63, 3.8) is 0 Å². The van der Waals surface area contributed by atoms with Crippen molar-refractivity contribution in [2.24, 2.45) is 11.8 Å². The summed E-state index contributed by atoms with van der Waals surface area (Å²) in [4.78, 5) is 11.8. The summed E-state index contributed by atoms with van der Waals surface area (Å²) in [6.07, 6.45) is 4.66. The van der Waals surface area contributed by atoms with Crippen molar-refractivity contribution in [3.8, 4) is 0 Å². The van der Waals surface area contributed by atoms with Crippen LogP contribution in [0.3, 0.4) is 0 Å². The largest absolute Gasteiger partial charge is 0.462 e. The van der Waals surface area contributed by atoms with Crippen LogP contribution in [0.1, 0.15) is 56.8 Å². The number of carbonyl (C=O) groups is 1. The summed E-state index contributed by atoms with van der Waals surface area (Å²) in [6, 6.07) is 8.19. The molecule has 0 heterocycles. The Morgan fingerprint density at radius 3 is 2.57 bits per heavy atom. The van der Waals surface area contributed by atoms with Gasteiger partial charge in [-0.25, -0.2) is 4.79 Å². The molecular weight excluding hydrogens is 262 g/mol.